The molecular weight excluding hydrogens is 280 g/mol. The SMILES string of the molecule is Cc1cc(C(=O)N2CCO[C@H](c3ccccc3)C2)cc(=O)[nH]1. The van der Waals surface area contributed by atoms with Gasteiger partial charge in [0.25, 0.3) is 5.91 Å². The van der Waals surface area contributed by atoms with Crippen molar-refractivity contribution in [2.75, 3.05) is 19.7 Å². The first-order valence-electron chi connectivity index (χ1n) is 7.30. The lowest BCUT2D eigenvalue weighted by Gasteiger charge is -2.33. The highest BCUT2D eigenvalue weighted by molar-refractivity contribution is 5.94. The second kappa shape index (κ2) is 6.15. The Bertz CT molecular complexity index is 724. The molecule has 22 heavy (non-hydrogen) atoms. The second-order valence-electron chi connectivity index (χ2n) is 5.44. The van der Waals surface area contributed by atoms with Crippen LogP contribution in [-0.4, -0.2) is 35.5 Å². The topological polar surface area (TPSA) is 62.4 Å². The summed E-state index contributed by atoms with van der Waals surface area (Å²) in [5, 5.41) is 0. The number of morpholine rings is 1. The van der Waals surface area contributed by atoms with Crippen LogP contribution in [0.25, 0.3) is 0 Å². The van der Waals surface area contributed by atoms with Crippen LogP contribution in [0.5, 0.6) is 0 Å². The Morgan fingerprint density at radius 1 is 1.27 bits per heavy atom. The quantitative estimate of drug-likeness (QED) is 0.921. The van der Waals surface area contributed by atoms with Crippen LogP contribution >= 0.6 is 0 Å². The number of aromatic amines is 1. The zero-order valence-corrected chi connectivity index (χ0v) is 12.4. The number of nitrogens with zero attached hydrogens (tertiary/aromatic N) is 1. The molecule has 1 N–H and O–H groups in total. The summed E-state index contributed by atoms with van der Waals surface area (Å²) < 4.78 is 5.77. The normalized spacial score (nSPS) is 18.2. The summed E-state index contributed by atoms with van der Waals surface area (Å²) in [6.45, 7) is 3.29. The van der Waals surface area contributed by atoms with Crippen LogP contribution in [-0.2, 0) is 4.74 Å². The van der Waals surface area contributed by atoms with Crippen LogP contribution < -0.4 is 5.56 Å². The molecule has 0 saturated carbocycles. The highest BCUT2D eigenvalue weighted by atomic mass is 16.5. The van der Waals surface area contributed by atoms with Gasteiger partial charge in [0, 0.05) is 23.9 Å². The molecule has 0 spiro atoms. The molecule has 1 atom stereocenters. The van der Waals surface area contributed by atoms with Crippen molar-refractivity contribution in [2.24, 2.45) is 0 Å². The first-order valence-corrected chi connectivity index (χ1v) is 7.30. The number of hydrogen-bond donors (Lipinski definition) is 1. The number of ether oxygens (including phenoxy) is 1. The van der Waals surface area contributed by atoms with Gasteiger partial charge in [0.1, 0.15) is 6.10 Å². The standard InChI is InChI=1S/C17H18N2O3/c1-12-9-14(10-16(20)18-12)17(21)19-7-8-22-15(11-19)13-5-3-2-4-6-13/h2-6,9-10,15H,7-8,11H2,1H3,(H,18,20)/t15-/m0/s1. The number of hydrogen-bond acceptors (Lipinski definition) is 3. The maximum atomic E-state index is 12.6. The van der Waals surface area contributed by atoms with Gasteiger partial charge in [-0.1, -0.05) is 30.3 Å². The summed E-state index contributed by atoms with van der Waals surface area (Å²) in [6, 6.07) is 12.9. The lowest BCUT2D eigenvalue weighted by atomic mass is 10.1. The maximum Gasteiger partial charge on any atom is 0.254 e. The summed E-state index contributed by atoms with van der Waals surface area (Å²) in [5.41, 5.74) is 1.91. The molecule has 114 valence electrons. The molecule has 1 aromatic heterocycles. The zero-order chi connectivity index (χ0) is 15.5. The second-order valence-corrected chi connectivity index (χ2v) is 5.44. The fraction of sp³-hybridized carbons (Fsp3) is 0.294. The Balaban J connectivity index is 1.79. The highest BCUT2D eigenvalue weighted by Gasteiger charge is 2.26. The number of amides is 1. The van der Waals surface area contributed by atoms with Crippen LogP contribution in [0.2, 0.25) is 0 Å². The van der Waals surface area contributed by atoms with Gasteiger partial charge in [-0.2, -0.15) is 0 Å². The minimum Gasteiger partial charge on any atom is -0.370 e. The summed E-state index contributed by atoms with van der Waals surface area (Å²) in [6.07, 6.45) is -0.123. The van der Waals surface area contributed by atoms with E-state index in [-0.39, 0.29) is 17.6 Å². The molecule has 1 fully saturated rings. The number of nitrogens with one attached hydrogen (secondary N) is 1. The van der Waals surface area contributed by atoms with Gasteiger partial charge < -0.3 is 14.6 Å². The van der Waals surface area contributed by atoms with Crippen molar-refractivity contribution < 1.29 is 9.53 Å². The molecule has 2 aromatic rings. The average Bonchev–Trinajstić information content (AvgIpc) is 2.54. The number of H-pyrrole nitrogens is 1. The molecule has 5 heteroatoms. The number of carbonyl (C=O) groups is 1. The molecule has 5 nitrogen and oxygen atoms in total. The van der Waals surface area contributed by atoms with Crippen molar-refractivity contribution >= 4 is 5.91 Å². The van der Waals surface area contributed by atoms with Crippen molar-refractivity contribution in [3.05, 3.63) is 69.6 Å². The van der Waals surface area contributed by atoms with Gasteiger partial charge >= 0.3 is 0 Å². The largest absolute Gasteiger partial charge is 0.370 e. The monoisotopic (exact) mass is 298 g/mol. The molecule has 0 bridgehead atoms. The van der Waals surface area contributed by atoms with Crippen molar-refractivity contribution in [1.29, 1.82) is 0 Å². The van der Waals surface area contributed by atoms with E-state index in [9.17, 15) is 9.59 Å². The molecule has 1 aromatic carbocycles. The van der Waals surface area contributed by atoms with E-state index in [2.05, 4.69) is 4.98 Å². The van der Waals surface area contributed by atoms with Gasteiger partial charge in [-0.05, 0) is 18.6 Å². The summed E-state index contributed by atoms with van der Waals surface area (Å²) in [5.74, 6) is -0.126. The van der Waals surface area contributed by atoms with Crippen LogP contribution in [0, 0.1) is 6.92 Å². The fourth-order valence-corrected chi connectivity index (χ4v) is 2.69. The smallest absolute Gasteiger partial charge is 0.254 e. The predicted octanol–water partition coefficient (Wildman–Crippen LogP) is 1.90. The van der Waals surface area contributed by atoms with E-state index in [4.69, 9.17) is 4.74 Å². The Kier molecular flexibility index (Phi) is 4.06. The van der Waals surface area contributed by atoms with E-state index >= 15 is 0 Å². The van der Waals surface area contributed by atoms with Crippen molar-refractivity contribution in [3.8, 4) is 0 Å². The number of carbonyl (C=O) groups excluding carboxylic acids is 1. The molecule has 1 saturated heterocycles. The van der Waals surface area contributed by atoms with Gasteiger partial charge in [-0.15, -0.1) is 0 Å². The third-order valence-corrected chi connectivity index (χ3v) is 3.75. The van der Waals surface area contributed by atoms with Gasteiger partial charge in [0.2, 0.25) is 5.56 Å². The Hall–Kier alpha value is -2.40. The molecule has 0 aliphatic carbocycles. The van der Waals surface area contributed by atoms with E-state index in [1.165, 1.54) is 6.07 Å². The predicted molar refractivity (Wildman–Crippen MR) is 82.8 cm³/mol. The third-order valence-electron chi connectivity index (χ3n) is 3.75. The molecule has 3 rings (SSSR count). The lowest BCUT2D eigenvalue weighted by Crippen LogP contribution is -2.42. The van der Waals surface area contributed by atoms with Crippen LogP contribution in [0.1, 0.15) is 27.7 Å². The van der Waals surface area contributed by atoms with Gasteiger partial charge in [0.05, 0.1) is 13.2 Å². The van der Waals surface area contributed by atoms with Gasteiger partial charge in [-0.3, -0.25) is 9.59 Å². The maximum absolute atomic E-state index is 12.6. The summed E-state index contributed by atoms with van der Waals surface area (Å²) in [4.78, 5) is 28.5. The number of benzene rings is 1. The lowest BCUT2D eigenvalue weighted by molar-refractivity contribution is -0.0228. The number of pyridine rings is 1. The van der Waals surface area contributed by atoms with E-state index in [0.717, 1.165) is 5.56 Å². The fourth-order valence-electron chi connectivity index (χ4n) is 2.69. The van der Waals surface area contributed by atoms with Gasteiger partial charge in [-0.25, -0.2) is 0 Å². The Morgan fingerprint density at radius 2 is 2.05 bits per heavy atom. The number of aromatic nitrogens is 1. The Morgan fingerprint density at radius 3 is 2.77 bits per heavy atom. The molecule has 1 aliphatic heterocycles. The minimum atomic E-state index is -0.254. The van der Waals surface area contributed by atoms with Crippen molar-refractivity contribution in [3.63, 3.8) is 0 Å². The van der Waals surface area contributed by atoms with E-state index < -0.39 is 0 Å². The zero-order valence-electron chi connectivity index (χ0n) is 12.4. The van der Waals surface area contributed by atoms with Crippen LogP contribution in [0.3, 0.4) is 0 Å². The first kappa shape index (κ1) is 14.5. The van der Waals surface area contributed by atoms with Crippen molar-refractivity contribution in [1.82, 2.24) is 9.88 Å². The summed E-state index contributed by atoms with van der Waals surface area (Å²) >= 11 is 0. The first-order chi connectivity index (χ1) is 10.6. The van der Waals surface area contributed by atoms with E-state index in [1.54, 1.807) is 17.9 Å². The third kappa shape index (κ3) is 3.09. The van der Waals surface area contributed by atoms with E-state index in [0.29, 0.717) is 31.0 Å². The summed E-state index contributed by atoms with van der Waals surface area (Å²) in [7, 11) is 0. The average molecular weight is 298 g/mol. The van der Waals surface area contributed by atoms with Crippen molar-refractivity contribution in [2.45, 2.75) is 13.0 Å². The molecular formula is C17H18N2O3. The molecule has 0 radical (unpaired) electrons. The molecule has 1 aliphatic rings. The molecule has 1 amide bonds. The van der Waals surface area contributed by atoms with E-state index in [1.807, 2.05) is 30.3 Å². The Labute approximate surface area is 128 Å². The molecule has 2 heterocycles. The van der Waals surface area contributed by atoms with Crippen LogP contribution in [0.4, 0.5) is 0 Å². The highest BCUT2D eigenvalue weighted by Crippen LogP contribution is 2.22. The minimum absolute atomic E-state index is 0.123. The molecule has 0 unspecified atom stereocenters. The van der Waals surface area contributed by atoms with Gasteiger partial charge in [0.15, 0.2) is 0 Å². The number of aryl methyl sites for hydroxylation is 1. The van der Waals surface area contributed by atoms with Crippen LogP contribution in [0.15, 0.2) is 47.3 Å². The number of rotatable bonds is 2.